The molecular weight excluding hydrogens is 268 g/mol. The third-order valence-corrected chi connectivity index (χ3v) is 3.65. The SMILES string of the molecule is Cc1ccc(NC(=O)CSCCC(C)N)c(Cl)c1. The molecule has 1 aromatic carbocycles. The molecule has 1 amide bonds. The number of amides is 1. The Hall–Kier alpha value is -0.710. The van der Waals surface area contributed by atoms with Gasteiger partial charge in [0.15, 0.2) is 0 Å². The molecule has 1 aromatic rings. The van der Waals surface area contributed by atoms with Gasteiger partial charge >= 0.3 is 0 Å². The van der Waals surface area contributed by atoms with Crippen LogP contribution in [0.5, 0.6) is 0 Å². The molecule has 3 nitrogen and oxygen atoms in total. The normalized spacial score (nSPS) is 12.2. The summed E-state index contributed by atoms with van der Waals surface area (Å²) in [5.41, 5.74) is 7.38. The molecule has 0 heterocycles. The molecule has 1 rings (SSSR count). The number of hydrogen-bond donors (Lipinski definition) is 2. The fourth-order valence-electron chi connectivity index (χ4n) is 1.34. The molecule has 18 heavy (non-hydrogen) atoms. The molecule has 0 saturated carbocycles. The van der Waals surface area contributed by atoms with Crippen LogP contribution in [0.1, 0.15) is 18.9 Å². The van der Waals surface area contributed by atoms with Crippen LogP contribution in [0.25, 0.3) is 0 Å². The highest BCUT2D eigenvalue weighted by molar-refractivity contribution is 7.99. The minimum absolute atomic E-state index is 0.0320. The van der Waals surface area contributed by atoms with Gasteiger partial charge in [0, 0.05) is 6.04 Å². The molecule has 0 spiro atoms. The van der Waals surface area contributed by atoms with Crippen LogP contribution in [-0.2, 0) is 4.79 Å². The molecule has 1 unspecified atom stereocenters. The predicted molar refractivity (Wildman–Crippen MR) is 80.4 cm³/mol. The summed E-state index contributed by atoms with van der Waals surface area (Å²) in [6, 6.07) is 5.76. The highest BCUT2D eigenvalue weighted by Crippen LogP contribution is 2.22. The quantitative estimate of drug-likeness (QED) is 0.790. The van der Waals surface area contributed by atoms with Gasteiger partial charge < -0.3 is 11.1 Å². The Kier molecular flexibility index (Phi) is 6.54. The van der Waals surface area contributed by atoms with Crippen LogP contribution in [0, 0.1) is 6.92 Å². The second-order valence-electron chi connectivity index (χ2n) is 4.35. The van der Waals surface area contributed by atoms with Gasteiger partial charge in [0.2, 0.25) is 5.91 Å². The van der Waals surface area contributed by atoms with E-state index in [1.807, 2.05) is 32.0 Å². The number of benzene rings is 1. The Morgan fingerprint density at radius 2 is 2.28 bits per heavy atom. The number of carbonyl (C=O) groups is 1. The number of hydrogen-bond acceptors (Lipinski definition) is 3. The highest BCUT2D eigenvalue weighted by Gasteiger charge is 2.06. The van der Waals surface area contributed by atoms with Crippen LogP contribution in [0.2, 0.25) is 5.02 Å². The number of thioether (sulfide) groups is 1. The van der Waals surface area contributed by atoms with Gasteiger partial charge in [0.05, 0.1) is 16.5 Å². The van der Waals surface area contributed by atoms with Crippen molar-refractivity contribution >= 4 is 35.0 Å². The number of nitrogens with one attached hydrogen (secondary N) is 1. The van der Waals surface area contributed by atoms with E-state index in [-0.39, 0.29) is 11.9 Å². The largest absolute Gasteiger partial charge is 0.328 e. The number of anilines is 1. The molecule has 0 bridgehead atoms. The predicted octanol–water partition coefficient (Wildman–Crippen LogP) is 3.06. The maximum atomic E-state index is 11.7. The molecular formula is C13H19ClN2OS. The zero-order valence-electron chi connectivity index (χ0n) is 10.7. The fourth-order valence-corrected chi connectivity index (χ4v) is 2.56. The number of rotatable bonds is 6. The lowest BCUT2D eigenvalue weighted by atomic mass is 10.2. The van der Waals surface area contributed by atoms with Crippen molar-refractivity contribution in [2.24, 2.45) is 5.73 Å². The molecule has 0 aliphatic carbocycles. The first-order chi connectivity index (χ1) is 8.49. The molecule has 0 aromatic heterocycles. The van der Waals surface area contributed by atoms with Crippen molar-refractivity contribution in [3.63, 3.8) is 0 Å². The molecule has 1 atom stereocenters. The van der Waals surface area contributed by atoms with Crippen molar-refractivity contribution in [2.75, 3.05) is 16.8 Å². The number of carbonyl (C=O) groups excluding carboxylic acids is 1. The van der Waals surface area contributed by atoms with E-state index >= 15 is 0 Å². The molecule has 0 aliphatic rings. The summed E-state index contributed by atoms with van der Waals surface area (Å²) in [4.78, 5) is 11.7. The van der Waals surface area contributed by atoms with Gasteiger partial charge in [0.25, 0.3) is 0 Å². The van der Waals surface area contributed by atoms with Gasteiger partial charge in [-0.2, -0.15) is 11.8 Å². The molecule has 5 heteroatoms. The number of aryl methyl sites for hydroxylation is 1. The van der Waals surface area contributed by atoms with Gasteiger partial charge in [-0.05, 0) is 43.7 Å². The molecule has 0 radical (unpaired) electrons. The average Bonchev–Trinajstić information content (AvgIpc) is 2.28. The van der Waals surface area contributed by atoms with Gasteiger partial charge in [-0.15, -0.1) is 0 Å². The summed E-state index contributed by atoms with van der Waals surface area (Å²) in [5.74, 6) is 1.29. The Morgan fingerprint density at radius 1 is 1.56 bits per heavy atom. The summed E-state index contributed by atoms with van der Waals surface area (Å²) < 4.78 is 0. The van der Waals surface area contributed by atoms with Crippen molar-refractivity contribution in [1.29, 1.82) is 0 Å². The summed E-state index contributed by atoms with van der Waals surface area (Å²) in [6.07, 6.45) is 0.920. The van der Waals surface area contributed by atoms with E-state index in [1.165, 1.54) is 0 Å². The van der Waals surface area contributed by atoms with Crippen LogP contribution in [0.15, 0.2) is 18.2 Å². The smallest absolute Gasteiger partial charge is 0.234 e. The lowest BCUT2D eigenvalue weighted by molar-refractivity contribution is -0.113. The summed E-state index contributed by atoms with van der Waals surface area (Å²) >= 11 is 7.62. The number of halogens is 1. The molecule has 0 saturated heterocycles. The van der Waals surface area contributed by atoms with Gasteiger partial charge in [0.1, 0.15) is 0 Å². The number of nitrogens with two attached hydrogens (primary N) is 1. The Balaban J connectivity index is 2.35. The Labute approximate surface area is 117 Å². The minimum Gasteiger partial charge on any atom is -0.328 e. The van der Waals surface area contributed by atoms with Crippen molar-refractivity contribution in [3.8, 4) is 0 Å². The first-order valence-corrected chi connectivity index (χ1v) is 7.41. The molecule has 0 aliphatic heterocycles. The van der Waals surface area contributed by atoms with Crippen molar-refractivity contribution in [3.05, 3.63) is 28.8 Å². The van der Waals surface area contributed by atoms with Crippen LogP contribution < -0.4 is 11.1 Å². The topological polar surface area (TPSA) is 55.1 Å². The first kappa shape index (κ1) is 15.3. The van der Waals surface area contributed by atoms with Crippen molar-refractivity contribution in [2.45, 2.75) is 26.3 Å². The van der Waals surface area contributed by atoms with E-state index in [9.17, 15) is 4.79 Å². The zero-order valence-corrected chi connectivity index (χ0v) is 12.3. The monoisotopic (exact) mass is 286 g/mol. The fraction of sp³-hybridized carbons (Fsp3) is 0.462. The third-order valence-electron chi connectivity index (χ3n) is 2.35. The summed E-state index contributed by atoms with van der Waals surface area (Å²) in [6.45, 7) is 3.92. The second-order valence-corrected chi connectivity index (χ2v) is 5.86. The maximum absolute atomic E-state index is 11.7. The maximum Gasteiger partial charge on any atom is 0.234 e. The lowest BCUT2D eigenvalue weighted by Gasteiger charge is -2.08. The van der Waals surface area contributed by atoms with Crippen molar-refractivity contribution < 1.29 is 4.79 Å². The van der Waals surface area contributed by atoms with Gasteiger partial charge in [-0.3, -0.25) is 4.79 Å². The van der Waals surface area contributed by atoms with E-state index in [0.717, 1.165) is 17.7 Å². The molecule has 3 N–H and O–H groups in total. The highest BCUT2D eigenvalue weighted by atomic mass is 35.5. The lowest BCUT2D eigenvalue weighted by Crippen LogP contribution is -2.17. The summed E-state index contributed by atoms with van der Waals surface area (Å²) in [5, 5.41) is 3.38. The Morgan fingerprint density at radius 3 is 2.89 bits per heavy atom. The summed E-state index contributed by atoms with van der Waals surface area (Å²) in [7, 11) is 0. The van der Waals surface area contributed by atoms with E-state index in [4.69, 9.17) is 17.3 Å². The second kappa shape index (κ2) is 7.67. The molecule has 0 fully saturated rings. The van der Waals surface area contributed by atoms with Crippen LogP contribution in [0.3, 0.4) is 0 Å². The third kappa shape index (κ3) is 5.76. The van der Waals surface area contributed by atoms with E-state index in [1.54, 1.807) is 11.8 Å². The van der Waals surface area contributed by atoms with Crippen LogP contribution in [-0.4, -0.2) is 23.5 Å². The molecule has 100 valence electrons. The van der Waals surface area contributed by atoms with Gasteiger partial charge in [-0.25, -0.2) is 0 Å². The minimum atomic E-state index is -0.0320. The van der Waals surface area contributed by atoms with E-state index in [0.29, 0.717) is 16.5 Å². The zero-order chi connectivity index (χ0) is 13.5. The van der Waals surface area contributed by atoms with Crippen molar-refractivity contribution in [1.82, 2.24) is 0 Å². The standard InChI is InChI=1S/C13H19ClN2OS/c1-9-3-4-12(11(14)7-9)16-13(17)8-18-6-5-10(2)15/h3-4,7,10H,5-6,8,15H2,1-2H3,(H,16,17). The van der Waals surface area contributed by atoms with E-state index in [2.05, 4.69) is 5.32 Å². The van der Waals surface area contributed by atoms with Crippen LogP contribution in [0.4, 0.5) is 5.69 Å². The van der Waals surface area contributed by atoms with Gasteiger partial charge in [-0.1, -0.05) is 17.7 Å². The first-order valence-electron chi connectivity index (χ1n) is 5.88. The Bertz CT molecular complexity index is 410. The van der Waals surface area contributed by atoms with Crippen LogP contribution >= 0.6 is 23.4 Å². The average molecular weight is 287 g/mol. The van der Waals surface area contributed by atoms with E-state index < -0.39 is 0 Å².